The number of fused-ring (bicyclic) bond motifs is 2. The van der Waals surface area contributed by atoms with E-state index in [1.165, 1.54) is 6.33 Å². The number of nitrogens with two attached hydrogens (primary N) is 2. The van der Waals surface area contributed by atoms with Crippen molar-refractivity contribution in [3.8, 4) is 0 Å². The standard InChI is InChI=1S/C12H14N4O.C8H7N3O/c13-11(17)8-2-1-3-9-10(8)16-12(15-9)7-4-5-14-6-7;9-8(12)5-2-1-3-6-7(5)11-4-10-6/h1-3,7,14H,4-6H2,(H2,13,17)(H,15,16);1-4H,(H2,9,12)(H,10,11). The summed E-state index contributed by atoms with van der Waals surface area (Å²) in [6, 6.07) is 10.7. The number of benzene rings is 2. The zero-order chi connectivity index (χ0) is 20.4. The summed E-state index contributed by atoms with van der Waals surface area (Å²) in [5.74, 6) is 0.465. The third-order valence-corrected chi connectivity index (χ3v) is 4.96. The van der Waals surface area contributed by atoms with Crippen LogP contribution in [0.2, 0.25) is 0 Å². The number of primary amides is 2. The maximum atomic E-state index is 11.3. The zero-order valence-corrected chi connectivity index (χ0v) is 15.6. The molecule has 3 heterocycles. The molecule has 0 radical (unpaired) electrons. The molecule has 1 aliphatic heterocycles. The Morgan fingerprint density at radius 3 is 2.31 bits per heavy atom. The van der Waals surface area contributed by atoms with Crippen LogP contribution in [0.25, 0.3) is 22.1 Å². The number of nitrogens with one attached hydrogen (secondary N) is 3. The van der Waals surface area contributed by atoms with Crippen LogP contribution in [-0.2, 0) is 0 Å². The first-order chi connectivity index (χ1) is 14.0. The number of nitrogens with zero attached hydrogens (tertiary/aromatic N) is 2. The van der Waals surface area contributed by atoms with Gasteiger partial charge >= 0.3 is 0 Å². The second kappa shape index (κ2) is 7.72. The van der Waals surface area contributed by atoms with Gasteiger partial charge in [0.1, 0.15) is 16.9 Å². The first-order valence-corrected chi connectivity index (χ1v) is 9.25. The molecule has 0 aliphatic carbocycles. The Balaban J connectivity index is 0.000000150. The van der Waals surface area contributed by atoms with Crippen molar-refractivity contribution in [1.29, 1.82) is 0 Å². The van der Waals surface area contributed by atoms with E-state index < -0.39 is 11.8 Å². The molecule has 1 atom stereocenters. The van der Waals surface area contributed by atoms with Gasteiger partial charge in [0.05, 0.1) is 28.5 Å². The van der Waals surface area contributed by atoms with Crippen LogP contribution < -0.4 is 16.8 Å². The highest BCUT2D eigenvalue weighted by atomic mass is 16.1. The summed E-state index contributed by atoms with van der Waals surface area (Å²) in [4.78, 5) is 36.9. The number of hydrogen-bond acceptors (Lipinski definition) is 5. The molecule has 2 aromatic carbocycles. The number of amides is 2. The summed E-state index contributed by atoms with van der Waals surface area (Å²) < 4.78 is 0. The summed E-state index contributed by atoms with van der Waals surface area (Å²) in [6.45, 7) is 1.95. The molecule has 0 saturated carbocycles. The van der Waals surface area contributed by atoms with E-state index in [9.17, 15) is 9.59 Å². The van der Waals surface area contributed by atoms with E-state index in [4.69, 9.17) is 11.5 Å². The molecule has 1 aliphatic rings. The minimum atomic E-state index is -0.451. The lowest BCUT2D eigenvalue weighted by Gasteiger charge is -2.01. The summed E-state index contributed by atoms with van der Waals surface area (Å²) >= 11 is 0. The average molecular weight is 391 g/mol. The molecule has 148 valence electrons. The average Bonchev–Trinajstić information content (AvgIpc) is 3.46. The number of para-hydroxylation sites is 2. The quantitative estimate of drug-likeness (QED) is 0.357. The lowest BCUT2D eigenvalue weighted by atomic mass is 10.1. The summed E-state index contributed by atoms with van der Waals surface area (Å²) in [5, 5.41) is 3.30. The molecule has 5 rings (SSSR count). The maximum absolute atomic E-state index is 11.3. The topological polar surface area (TPSA) is 156 Å². The van der Waals surface area contributed by atoms with Crippen LogP contribution in [-0.4, -0.2) is 44.8 Å². The molecule has 1 saturated heterocycles. The van der Waals surface area contributed by atoms with Crippen molar-refractivity contribution in [3.05, 3.63) is 59.7 Å². The van der Waals surface area contributed by atoms with Crippen LogP contribution in [0, 0.1) is 0 Å². The largest absolute Gasteiger partial charge is 0.366 e. The van der Waals surface area contributed by atoms with E-state index in [0.29, 0.717) is 28.1 Å². The van der Waals surface area contributed by atoms with Crippen LogP contribution in [0.1, 0.15) is 38.9 Å². The molecule has 0 spiro atoms. The van der Waals surface area contributed by atoms with Crippen molar-refractivity contribution in [1.82, 2.24) is 25.3 Å². The molecule has 29 heavy (non-hydrogen) atoms. The van der Waals surface area contributed by atoms with E-state index in [-0.39, 0.29) is 0 Å². The highest BCUT2D eigenvalue weighted by molar-refractivity contribution is 6.04. The van der Waals surface area contributed by atoms with E-state index in [2.05, 4.69) is 25.3 Å². The number of H-pyrrole nitrogens is 2. The Bertz CT molecular complexity index is 1190. The van der Waals surface area contributed by atoms with Gasteiger partial charge in [-0.15, -0.1) is 0 Å². The van der Waals surface area contributed by atoms with Gasteiger partial charge in [0.15, 0.2) is 0 Å². The van der Waals surface area contributed by atoms with Crippen LogP contribution >= 0.6 is 0 Å². The zero-order valence-electron chi connectivity index (χ0n) is 15.6. The number of aromatic amines is 2. The number of imidazole rings is 2. The number of aromatic nitrogens is 4. The highest BCUT2D eigenvalue weighted by Gasteiger charge is 2.21. The predicted molar refractivity (Wildman–Crippen MR) is 109 cm³/mol. The summed E-state index contributed by atoms with van der Waals surface area (Å²) in [7, 11) is 0. The Morgan fingerprint density at radius 1 is 0.966 bits per heavy atom. The summed E-state index contributed by atoms with van der Waals surface area (Å²) in [6.07, 6.45) is 2.61. The van der Waals surface area contributed by atoms with Crippen molar-refractivity contribution < 1.29 is 9.59 Å². The van der Waals surface area contributed by atoms with Crippen molar-refractivity contribution in [2.75, 3.05) is 13.1 Å². The second-order valence-corrected chi connectivity index (χ2v) is 6.85. The highest BCUT2D eigenvalue weighted by Crippen LogP contribution is 2.24. The second-order valence-electron chi connectivity index (χ2n) is 6.85. The third kappa shape index (κ3) is 3.67. The van der Waals surface area contributed by atoms with Crippen LogP contribution in [0.3, 0.4) is 0 Å². The molecular formula is C20H21N7O2. The Labute approximate surface area is 165 Å². The molecule has 4 aromatic rings. The molecule has 9 heteroatoms. The SMILES string of the molecule is NC(=O)c1cccc2[nH]c(C3CCNC3)nc12.NC(=O)c1cccc2[nH]cnc12. The fraction of sp³-hybridized carbons (Fsp3) is 0.200. The first-order valence-electron chi connectivity index (χ1n) is 9.25. The number of rotatable bonds is 3. The summed E-state index contributed by atoms with van der Waals surface area (Å²) in [5.41, 5.74) is 14.4. The van der Waals surface area contributed by atoms with E-state index >= 15 is 0 Å². The minimum absolute atomic E-state index is 0.406. The normalized spacial score (nSPS) is 15.9. The van der Waals surface area contributed by atoms with E-state index in [1.807, 2.05) is 18.2 Å². The lowest BCUT2D eigenvalue weighted by Crippen LogP contribution is -2.11. The van der Waals surface area contributed by atoms with Crippen molar-refractivity contribution >= 4 is 33.9 Å². The van der Waals surface area contributed by atoms with Gasteiger partial charge < -0.3 is 26.8 Å². The molecule has 9 nitrogen and oxygen atoms in total. The van der Waals surface area contributed by atoms with E-state index in [1.54, 1.807) is 18.2 Å². The fourth-order valence-electron chi connectivity index (χ4n) is 3.50. The predicted octanol–water partition coefficient (Wildman–Crippen LogP) is 1.40. The van der Waals surface area contributed by atoms with Crippen molar-refractivity contribution in [2.24, 2.45) is 11.5 Å². The first kappa shape index (κ1) is 18.6. The maximum Gasteiger partial charge on any atom is 0.250 e. The van der Waals surface area contributed by atoms with Gasteiger partial charge in [0, 0.05) is 12.5 Å². The molecule has 1 unspecified atom stereocenters. The number of carbonyl (C=O) groups is 2. The van der Waals surface area contributed by atoms with Gasteiger partial charge in [0.2, 0.25) is 0 Å². The van der Waals surface area contributed by atoms with Gasteiger partial charge in [-0.05, 0) is 37.2 Å². The van der Waals surface area contributed by atoms with Gasteiger partial charge in [-0.3, -0.25) is 9.59 Å². The fourth-order valence-corrected chi connectivity index (χ4v) is 3.50. The Kier molecular flexibility index (Phi) is 4.96. The molecule has 2 aromatic heterocycles. The Morgan fingerprint density at radius 2 is 1.66 bits per heavy atom. The molecule has 0 bridgehead atoms. The molecule has 7 N–H and O–H groups in total. The van der Waals surface area contributed by atoms with Gasteiger partial charge in [0.25, 0.3) is 11.8 Å². The molecule has 1 fully saturated rings. The smallest absolute Gasteiger partial charge is 0.250 e. The van der Waals surface area contributed by atoms with Crippen LogP contribution in [0.5, 0.6) is 0 Å². The van der Waals surface area contributed by atoms with Gasteiger partial charge in [-0.1, -0.05) is 12.1 Å². The van der Waals surface area contributed by atoms with Crippen LogP contribution in [0.15, 0.2) is 42.7 Å². The van der Waals surface area contributed by atoms with Gasteiger partial charge in [-0.2, -0.15) is 0 Å². The van der Waals surface area contributed by atoms with Crippen molar-refractivity contribution in [2.45, 2.75) is 12.3 Å². The number of hydrogen-bond donors (Lipinski definition) is 5. The molecular weight excluding hydrogens is 370 g/mol. The lowest BCUT2D eigenvalue weighted by molar-refractivity contribution is 0.0993. The number of carbonyl (C=O) groups excluding carboxylic acids is 2. The third-order valence-electron chi connectivity index (χ3n) is 4.96. The minimum Gasteiger partial charge on any atom is -0.366 e. The van der Waals surface area contributed by atoms with E-state index in [0.717, 1.165) is 36.4 Å². The van der Waals surface area contributed by atoms with Crippen molar-refractivity contribution in [3.63, 3.8) is 0 Å². The van der Waals surface area contributed by atoms with Crippen LogP contribution in [0.4, 0.5) is 0 Å². The van der Waals surface area contributed by atoms with Gasteiger partial charge in [-0.25, -0.2) is 9.97 Å². The molecule has 2 amide bonds. The Hall–Kier alpha value is -3.72. The monoisotopic (exact) mass is 391 g/mol.